The Labute approximate surface area is 218 Å². The quantitative estimate of drug-likeness (QED) is 0.226. The van der Waals surface area contributed by atoms with Crippen LogP contribution >= 0.6 is 11.6 Å². The van der Waals surface area contributed by atoms with Gasteiger partial charge < -0.3 is 14.6 Å². The number of nitrogens with zero attached hydrogens (tertiary/aromatic N) is 2. The molecule has 0 saturated carbocycles. The molecule has 0 aliphatic heterocycles. The molecule has 188 valence electrons. The number of carbonyl (C=O) groups excluding carboxylic acids is 1. The van der Waals surface area contributed by atoms with Gasteiger partial charge in [0.2, 0.25) is 5.91 Å². The summed E-state index contributed by atoms with van der Waals surface area (Å²) in [7, 11) is 0. The van der Waals surface area contributed by atoms with E-state index in [4.69, 9.17) is 21.3 Å². The minimum atomic E-state index is 0.0228. The van der Waals surface area contributed by atoms with Gasteiger partial charge >= 0.3 is 0 Å². The summed E-state index contributed by atoms with van der Waals surface area (Å²) in [6.07, 6.45) is 4.00. The molecule has 0 spiro atoms. The fourth-order valence-electron chi connectivity index (χ4n) is 4.26. The second kappa shape index (κ2) is 12.6. The van der Waals surface area contributed by atoms with Crippen molar-refractivity contribution in [3.05, 3.63) is 94.3 Å². The molecule has 1 aromatic heterocycles. The molecule has 1 heterocycles. The standard InChI is InChI=1S/C30H34ClN3O2/c1-22-11-16-26(20-23(22)2)36-19-6-5-18-34-28-9-4-3-8-27(28)33-29(34)10-7-17-32-30(35)21-24-12-14-25(31)15-13-24/h3-4,8-9,11-16,20H,5-7,10,17-19,21H2,1-2H3,(H,32,35). The predicted molar refractivity (Wildman–Crippen MR) is 147 cm³/mol. The average Bonchev–Trinajstić information content (AvgIpc) is 3.22. The summed E-state index contributed by atoms with van der Waals surface area (Å²) in [5.74, 6) is 2.03. The average molecular weight is 504 g/mol. The molecule has 6 heteroatoms. The van der Waals surface area contributed by atoms with E-state index in [0.717, 1.165) is 60.4 Å². The SMILES string of the molecule is Cc1ccc(OCCCCn2c(CCCNC(=O)Cc3ccc(Cl)cc3)nc3ccccc32)cc1C. The smallest absolute Gasteiger partial charge is 0.224 e. The molecule has 1 amide bonds. The molecule has 0 aliphatic rings. The topological polar surface area (TPSA) is 56.1 Å². The van der Waals surface area contributed by atoms with Crippen LogP contribution in [0, 0.1) is 13.8 Å². The van der Waals surface area contributed by atoms with Crippen molar-refractivity contribution in [2.24, 2.45) is 0 Å². The minimum Gasteiger partial charge on any atom is -0.494 e. The number of amides is 1. The number of nitrogens with one attached hydrogen (secondary N) is 1. The Balaban J connectivity index is 1.25. The molecule has 5 nitrogen and oxygen atoms in total. The number of aryl methyl sites for hydroxylation is 4. The first-order valence-corrected chi connectivity index (χ1v) is 13.0. The molecular weight excluding hydrogens is 470 g/mol. The number of carbonyl (C=O) groups is 1. The van der Waals surface area contributed by atoms with E-state index in [1.54, 1.807) is 0 Å². The zero-order chi connectivity index (χ0) is 25.3. The third-order valence-corrected chi connectivity index (χ3v) is 6.69. The number of fused-ring (bicyclic) bond motifs is 1. The first-order valence-electron chi connectivity index (χ1n) is 12.6. The first kappa shape index (κ1) is 25.8. The highest BCUT2D eigenvalue weighted by Crippen LogP contribution is 2.19. The molecule has 4 aromatic rings. The Hall–Kier alpha value is -3.31. The number of unbranched alkanes of at least 4 members (excludes halogenated alkanes) is 1. The molecule has 0 aliphatic carbocycles. The lowest BCUT2D eigenvalue weighted by atomic mass is 10.1. The predicted octanol–water partition coefficient (Wildman–Crippen LogP) is 6.46. The second-order valence-corrected chi connectivity index (χ2v) is 9.66. The lowest BCUT2D eigenvalue weighted by Crippen LogP contribution is -2.26. The zero-order valence-corrected chi connectivity index (χ0v) is 21.9. The molecule has 1 N–H and O–H groups in total. The van der Waals surface area contributed by atoms with E-state index in [9.17, 15) is 4.79 Å². The van der Waals surface area contributed by atoms with Gasteiger partial charge in [0.25, 0.3) is 0 Å². The van der Waals surface area contributed by atoms with E-state index < -0.39 is 0 Å². The van der Waals surface area contributed by atoms with E-state index in [-0.39, 0.29) is 5.91 Å². The van der Waals surface area contributed by atoms with Crippen LogP contribution < -0.4 is 10.1 Å². The highest BCUT2D eigenvalue weighted by molar-refractivity contribution is 6.30. The number of halogens is 1. The van der Waals surface area contributed by atoms with E-state index in [0.29, 0.717) is 24.6 Å². The third kappa shape index (κ3) is 7.11. The zero-order valence-electron chi connectivity index (χ0n) is 21.1. The summed E-state index contributed by atoms with van der Waals surface area (Å²) in [4.78, 5) is 17.2. The lowest BCUT2D eigenvalue weighted by molar-refractivity contribution is -0.120. The van der Waals surface area contributed by atoms with Gasteiger partial charge in [0.1, 0.15) is 11.6 Å². The van der Waals surface area contributed by atoms with Crippen molar-refractivity contribution in [2.75, 3.05) is 13.2 Å². The number of rotatable bonds is 12. The van der Waals surface area contributed by atoms with Crippen LogP contribution in [0.1, 0.15) is 41.8 Å². The van der Waals surface area contributed by atoms with Gasteiger partial charge in [-0.05, 0) is 86.2 Å². The number of ether oxygens (including phenoxy) is 1. The maximum Gasteiger partial charge on any atom is 0.224 e. The van der Waals surface area contributed by atoms with Crippen LogP contribution in [-0.4, -0.2) is 28.6 Å². The summed E-state index contributed by atoms with van der Waals surface area (Å²) < 4.78 is 8.28. The summed E-state index contributed by atoms with van der Waals surface area (Å²) in [6.45, 7) is 6.44. The fraction of sp³-hybridized carbons (Fsp3) is 0.333. The Morgan fingerprint density at radius 2 is 1.78 bits per heavy atom. The van der Waals surface area contributed by atoms with Gasteiger partial charge in [0, 0.05) is 24.5 Å². The Morgan fingerprint density at radius 1 is 0.972 bits per heavy atom. The van der Waals surface area contributed by atoms with Gasteiger partial charge in [0.15, 0.2) is 0 Å². The maximum atomic E-state index is 12.3. The van der Waals surface area contributed by atoms with Gasteiger partial charge in [-0.1, -0.05) is 41.9 Å². The minimum absolute atomic E-state index is 0.0228. The largest absolute Gasteiger partial charge is 0.494 e. The van der Waals surface area contributed by atoms with Crippen LogP contribution in [0.5, 0.6) is 5.75 Å². The van der Waals surface area contributed by atoms with Crippen molar-refractivity contribution in [1.82, 2.24) is 14.9 Å². The Kier molecular flexibility index (Phi) is 9.01. The third-order valence-electron chi connectivity index (χ3n) is 6.43. The molecule has 36 heavy (non-hydrogen) atoms. The van der Waals surface area contributed by atoms with Crippen molar-refractivity contribution >= 4 is 28.5 Å². The molecule has 0 bridgehead atoms. The monoisotopic (exact) mass is 503 g/mol. The van der Waals surface area contributed by atoms with Crippen LogP contribution in [0.15, 0.2) is 66.7 Å². The molecule has 4 rings (SSSR count). The van der Waals surface area contributed by atoms with Crippen molar-refractivity contribution in [1.29, 1.82) is 0 Å². The number of aromatic nitrogens is 2. The highest BCUT2D eigenvalue weighted by atomic mass is 35.5. The van der Waals surface area contributed by atoms with Crippen molar-refractivity contribution in [3.63, 3.8) is 0 Å². The molecule has 0 atom stereocenters. The van der Waals surface area contributed by atoms with Crippen molar-refractivity contribution in [2.45, 2.75) is 52.5 Å². The van der Waals surface area contributed by atoms with E-state index >= 15 is 0 Å². The van der Waals surface area contributed by atoms with Gasteiger partial charge in [-0.2, -0.15) is 0 Å². The molecule has 0 saturated heterocycles. The van der Waals surface area contributed by atoms with Crippen LogP contribution in [0.25, 0.3) is 11.0 Å². The normalized spacial score (nSPS) is 11.1. The highest BCUT2D eigenvalue weighted by Gasteiger charge is 2.11. The molecule has 3 aromatic carbocycles. The Morgan fingerprint density at radius 3 is 2.58 bits per heavy atom. The van der Waals surface area contributed by atoms with Gasteiger partial charge in [-0.15, -0.1) is 0 Å². The summed E-state index contributed by atoms with van der Waals surface area (Å²) in [6, 6.07) is 21.9. The molecular formula is C30H34ClN3O2. The number of imidazole rings is 1. The summed E-state index contributed by atoms with van der Waals surface area (Å²) >= 11 is 5.92. The second-order valence-electron chi connectivity index (χ2n) is 9.23. The molecule has 0 fully saturated rings. The van der Waals surface area contributed by atoms with Crippen LogP contribution in [0.3, 0.4) is 0 Å². The van der Waals surface area contributed by atoms with Gasteiger partial charge in [-0.25, -0.2) is 4.98 Å². The van der Waals surface area contributed by atoms with Gasteiger partial charge in [-0.3, -0.25) is 4.79 Å². The van der Waals surface area contributed by atoms with Crippen LogP contribution in [0.4, 0.5) is 0 Å². The summed E-state index contributed by atoms with van der Waals surface area (Å²) in [5, 5.41) is 3.70. The number of hydrogen-bond donors (Lipinski definition) is 1. The van der Waals surface area contributed by atoms with E-state index in [1.807, 2.05) is 36.4 Å². The van der Waals surface area contributed by atoms with Crippen LogP contribution in [0.2, 0.25) is 5.02 Å². The van der Waals surface area contributed by atoms with Gasteiger partial charge in [0.05, 0.1) is 24.1 Å². The van der Waals surface area contributed by atoms with Crippen molar-refractivity contribution in [3.8, 4) is 5.75 Å². The first-order chi connectivity index (χ1) is 17.5. The van der Waals surface area contributed by atoms with Crippen molar-refractivity contribution < 1.29 is 9.53 Å². The number of hydrogen-bond acceptors (Lipinski definition) is 3. The molecule has 0 unspecified atom stereocenters. The number of para-hydroxylation sites is 2. The molecule has 0 radical (unpaired) electrons. The van der Waals surface area contributed by atoms with E-state index in [1.165, 1.54) is 11.1 Å². The van der Waals surface area contributed by atoms with E-state index in [2.05, 4.69) is 54.1 Å². The Bertz CT molecular complexity index is 1300. The fourth-order valence-corrected chi connectivity index (χ4v) is 4.38. The maximum absolute atomic E-state index is 12.3. The number of benzene rings is 3. The summed E-state index contributed by atoms with van der Waals surface area (Å²) in [5.41, 5.74) is 5.67. The lowest BCUT2D eigenvalue weighted by Gasteiger charge is -2.11. The van der Waals surface area contributed by atoms with Crippen LogP contribution in [-0.2, 0) is 24.2 Å².